The van der Waals surface area contributed by atoms with Gasteiger partial charge in [-0.3, -0.25) is 4.98 Å². The molecule has 17 heavy (non-hydrogen) atoms. The average Bonchev–Trinajstić information content (AvgIpc) is 2.29. The number of nitrogens with one attached hydrogen (secondary N) is 1. The molecule has 0 bridgehead atoms. The molecule has 4 heteroatoms. The maximum Gasteiger partial charge on any atom is 0.102 e. The first-order valence-corrected chi connectivity index (χ1v) is 6.16. The first kappa shape index (κ1) is 12.0. The van der Waals surface area contributed by atoms with Gasteiger partial charge in [-0.1, -0.05) is 17.8 Å². The highest BCUT2D eigenvalue weighted by Crippen LogP contribution is 2.31. The molecule has 0 aliphatic carbocycles. The number of rotatable bonds is 3. The summed E-state index contributed by atoms with van der Waals surface area (Å²) in [6.07, 6.45) is 4.64. The molecular weight excluding hydrogens is 230 g/mol. The Kier molecular flexibility index (Phi) is 3.43. The summed E-state index contributed by atoms with van der Waals surface area (Å²) in [6.45, 7) is 9.04. The molecule has 2 rings (SSSR count). The van der Waals surface area contributed by atoms with Crippen LogP contribution >= 0.6 is 12.2 Å². The molecule has 0 aromatic carbocycles. The molecule has 3 nitrogen and oxygen atoms in total. The summed E-state index contributed by atoms with van der Waals surface area (Å²) in [5.41, 5.74) is 3.35. The van der Waals surface area contributed by atoms with E-state index in [1.807, 2.05) is 12.3 Å². The van der Waals surface area contributed by atoms with Crippen LogP contribution in [0.5, 0.6) is 0 Å². The Morgan fingerprint density at radius 1 is 1.65 bits per heavy atom. The molecule has 1 aliphatic rings. The van der Waals surface area contributed by atoms with Gasteiger partial charge in [-0.05, 0) is 26.3 Å². The van der Waals surface area contributed by atoms with E-state index >= 15 is 0 Å². The fourth-order valence-electron chi connectivity index (χ4n) is 1.93. The van der Waals surface area contributed by atoms with Crippen LogP contribution in [0.25, 0.3) is 0 Å². The summed E-state index contributed by atoms with van der Waals surface area (Å²) < 4.78 is 0. The molecule has 90 valence electrons. The molecule has 1 aromatic rings. The van der Waals surface area contributed by atoms with E-state index in [-0.39, 0.29) is 6.04 Å². The van der Waals surface area contributed by atoms with Crippen molar-refractivity contribution in [2.24, 2.45) is 0 Å². The second-order valence-corrected chi connectivity index (χ2v) is 4.90. The molecule has 1 N–H and O–H groups in total. The third-order valence-corrected chi connectivity index (χ3v) is 3.44. The summed E-state index contributed by atoms with van der Waals surface area (Å²) in [5, 5.41) is 3.25. The van der Waals surface area contributed by atoms with Crippen molar-refractivity contribution >= 4 is 28.6 Å². The fraction of sp³-hybridized carbons (Fsp3) is 0.385. The van der Waals surface area contributed by atoms with Gasteiger partial charge in [-0.25, -0.2) is 0 Å². The van der Waals surface area contributed by atoms with E-state index in [0.29, 0.717) is 0 Å². The largest absolute Gasteiger partial charge is 0.359 e. The first-order valence-electron chi connectivity index (χ1n) is 5.75. The molecule has 2 heterocycles. The lowest BCUT2D eigenvalue weighted by molar-refractivity contribution is 0.742. The van der Waals surface area contributed by atoms with Crippen LogP contribution in [0.1, 0.15) is 20.3 Å². The second kappa shape index (κ2) is 4.84. The molecule has 0 saturated carbocycles. The number of aromatic nitrogens is 1. The normalized spacial score (nSPS) is 18.6. The number of pyridine rings is 1. The number of nitrogens with zero attached hydrogens (tertiary/aromatic N) is 2. The molecule has 0 saturated heterocycles. The van der Waals surface area contributed by atoms with Gasteiger partial charge in [-0.15, -0.1) is 6.58 Å². The third kappa shape index (κ3) is 2.47. The van der Waals surface area contributed by atoms with Gasteiger partial charge < -0.3 is 10.2 Å². The maximum absolute atomic E-state index is 5.37. The lowest BCUT2D eigenvalue weighted by atomic mass is 10.1. The minimum absolute atomic E-state index is 0.209. The van der Waals surface area contributed by atoms with Crippen molar-refractivity contribution in [1.29, 1.82) is 0 Å². The van der Waals surface area contributed by atoms with Gasteiger partial charge in [-0.2, -0.15) is 0 Å². The summed E-state index contributed by atoms with van der Waals surface area (Å²) in [5.74, 6) is 0. The Hall–Kier alpha value is -1.42. The van der Waals surface area contributed by atoms with Crippen molar-refractivity contribution in [3.8, 4) is 0 Å². The standard InChI is InChI=1S/C13H17N3S/c1-9(2)5-7-16-10(3)13(17)15-11-4-6-14-8-12(11)16/h4,6,8,10H,1,5,7H2,2-3H3,(H,15,17). The Balaban J connectivity index is 2.28. The van der Waals surface area contributed by atoms with Gasteiger partial charge in [0.1, 0.15) is 4.99 Å². The molecular formula is C13H17N3S. The lowest BCUT2D eigenvalue weighted by Gasteiger charge is -2.37. The highest BCUT2D eigenvalue weighted by atomic mass is 32.1. The van der Waals surface area contributed by atoms with Crippen molar-refractivity contribution in [3.05, 3.63) is 30.6 Å². The smallest absolute Gasteiger partial charge is 0.102 e. The zero-order chi connectivity index (χ0) is 12.4. The first-order chi connectivity index (χ1) is 8.09. The molecule has 0 radical (unpaired) electrons. The molecule has 1 unspecified atom stereocenters. The maximum atomic E-state index is 5.37. The summed E-state index contributed by atoms with van der Waals surface area (Å²) in [7, 11) is 0. The van der Waals surface area contributed by atoms with Crippen LogP contribution in [0.4, 0.5) is 11.4 Å². The van der Waals surface area contributed by atoms with E-state index in [1.165, 1.54) is 5.57 Å². The van der Waals surface area contributed by atoms with E-state index < -0.39 is 0 Å². The zero-order valence-corrected chi connectivity index (χ0v) is 11.0. The molecule has 0 fully saturated rings. The second-order valence-electron chi connectivity index (χ2n) is 4.46. The molecule has 1 aromatic heterocycles. The molecule has 1 aliphatic heterocycles. The predicted octanol–water partition coefficient (Wildman–Crippen LogP) is 3.00. The van der Waals surface area contributed by atoms with Gasteiger partial charge in [0.2, 0.25) is 0 Å². The monoisotopic (exact) mass is 247 g/mol. The molecule has 1 atom stereocenters. The summed E-state index contributed by atoms with van der Waals surface area (Å²) in [6, 6.07) is 2.17. The Bertz CT molecular complexity index is 456. The van der Waals surface area contributed by atoms with Gasteiger partial charge in [0.15, 0.2) is 0 Å². The third-order valence-electron chi connectivity index (χ3n) is 2.99. The van der Waals surface area contributed by atoms with Crippen LogP contribution in [-0.4, -0.2) is 22.6 Å². The lowest BCUT2D eigenvalue weighted by Crippen LogP contribution is -2.45. The van der Waals surface area contributed by atoms with Crippen LogP contribution in [0, 0.1) is 0 Å². The van der Waals surface area contributed by atoms with E-state index in [2.05, 4.69) is 35.6 Å². The number of fused-ring (bicyclic) bond motifs is 1. The summed E-state index contributed by atoms with van der Waals surface area (Å²) in [4.78, 5) is 7.34. The van der Waals surface area contributed by atoms with Crippen LogP contribution < -0.4 is 10.2 Å². The van der Waals surface area contributed by atoms with E-state index in [0.717, 1.165) is 29.3 Å². The highest BCUT2D eigenvalue weighted by Gasteiger charge is 2.26. The van der Waals surface area contributed by atoms with Crippen LogP contribution in [0.15, 0.2) is 30.6 Å². The quantitative estimate of drug-likeness (QED) is 0.656. The van der Waals surface area contributed by atoms with Crippen molar-refractivity contribution < 1.29 is 0 Å². The van der Waals surface area contributed by atoms with Crippen LogP contribution in [0.2, 0.25) is 0 Å². The predicted molar refractivity (Wildman–Crippen MR) is 76.7 cm³/mol. The number of anilines is 2. The zero-order valence-electron chi connectivity index (χ0n) is 10.2. The van der Waals surface area contributed by atoms with Gasteiger partial charge in [0.25, 0.3) is 0 Å². The van der Waals surface area contributed by atoms with Crippen molar-refractivity contribution in [2.75, 3.05) is 16.8 Å². The Labute approximate surface area is 108 Å². The number of hydrogen-bond acceptors (Lipinski definition) is 3. The topological polar surface area (TPSA) is 28.2 Å². The van der Waals surface area contributed by atoms with Crippen molar-refractivity contribution in [2.45, 2.75) is 26.3 Å². The number of hydrogen-bond donors (Lipinski definition) is 1. The summed E-state index contributed by atoms with van der Waals surface area (Å²) >= 11 is 5.37. The number of thiocarbonyl (C=S) groups is 1. The molecule has 0 amide bonds. The van der Waals surface area contributed by atoms with Crippen LogP contribution in [0.3, 0.4) is 0 Å². The van der Waals surface area contributed by atoms with E-state index in [1.54, 1.807) is 6.20 Å². The van der Waals surface area contributed by atoms with E-state index in [9.17, 15) is 0 Å². The highest BCUT2D eigenvalue weighted by molar-refractivity contribution is 7.80. The van der Waals surface area contributed by atoms with E-state index in [4.69, 9.17) is 12.2 Å². The van der Waals surface area contributed by atoms with Crippen LogP contribution in [-0.2, 0) is 0 Å². The van der Waals surface area contributed by atoms with Gasteiger partial charge in [0.05, 0.1) is 23.6 Å². The van der Waals surface area contributed by atoms with Gasteiger partial charge >= 0.3 is 0 Å². The average molecular weight is 247 g/mol. The SMILES string of the molecule is C=C(C)CCN1c2cnccc2NC(=S)C1C. The fourth-order valence-corrected chi connectivity index (χ4v) is 2.17. The minimum atomic E-state index is 0.209. The Morgan fingerprint density at radius 3 is 3.12 bits per heavy atom. The van der Waals surface area contributed by atoms with Gasteiger partial charge in [0, 0.05) is 12.7 Å². The van der Waals surface area contributed by atoms with Crippen molar-refractivity contribution in [1.82, 2.24) is 4.98 Å². The van der Waals surface area contributed by atoms with Crippen molar-refractivity contribution in [3.63, 3.8) is 0 Å². The minimum Gasteiger partial charge on any atom is -0.359 e. The Morgan fingerprint density at radius 2 is 2.41 bits per heavy atom. The molecule has 0 spiro atoms.